The molecule has 0 bridgehead atoms. The Hall–Kier alpha value is -5.15. The minimum atomic E-state index is -2.34. The number of nitrogens with one attached hydrogen (secondary N) is 4. The molecule has 2 aliphatic rings. The Kier molecular flexibility index (Phi) is 17.6. The predicted molar refractivity (Wildman–Crippen MR) is 272 cm³/mol. The molecule has 3 aromatic carbocycles. The van der Waals surface area contributed by atoms with Crippen molar-refractivity contribution in [3.63, 3.8) is 0 Å². The van der Waals surface area contributed by atoms with Crippen molar-refractivity contribution in [3.05, 3.63) is 136 Å². The summed E-state index contributed by atoms with van der Waals surface area (Å²) in [4.78, 5) is 51.6. The first-order chi connectivity index (χ1) is 33.6. The molecule has 3 amide bonds. The van der Waals surface area contributed by atoms with Crippen molar-refractivity contribution < 1.29 is 32.5 Å². The highest BCUT2D eigenvalue weighted by atomic mass is 35.5. The van der Waals surface area contributed by atoms with Crippen LogP contribution in [0.25, 0.3) is 21.9 Å². The largest absolute Gasteiger partial charge is 0.481 e. The van der Waals surface area contributed by atoms with Crippen LogP contribution in [0.4, 0.5) is 0 Å². The van der Waals surface area contributed by atoms with Gasteiger partial charge in [0.15, 0.2) is 0 Å². The van der Waals surface area contributed by atoms with Gasteiger partial charge < -0.3 is 41.2 Å². The molecular weight excluding hydrogens is 934 g/mol. The fourth-order valence-corrected chi connectivity index (χ4v) is 8.66. The molecule has 1 aliphatic heterocycles. The first-order valence-corrected chi connectivity index (χ1v) is 22.4. The van der Waals surface area contributed by atoms with Crippen LogP contribution < -0.4 is 27.0 Å². The molecule has 67 heavy (non-hydrogen) atoms. The van der Waals surface area contributed by atoms with Crippen LogP contribution >= 0.6 is 48.0 Å². The summed E-state index contributed by atoms with van der Waals surface area (Å²) < 4.78 is 47.4. The summed E-state index contributed by atoms with van der Waals surface area (Å²) in [6, 6.07) is 25.8. The van der Waals surface area contributed by atoms with Crippen molar-refractivity contribution in [1.29, 1.82) is 0 Å². The summed E-state index contributed by atoms with van der Waals surface area (Å²) in [6.07, 6.45) is 9.66. The monoisotopic (exact) mass is 1000 g/mol. The minimum absolute atomic E-state index is 0. The van der Waals surface area contributed by atoms with Gasteiger partial charge in [-0.2, -0.15) is 0 Å². The van der Waals surface area contributed by atoms with Crippen LogP contribution in [0, 0.1) is 17.8 Å². The van der Waals surface area contributed by atoms with E-state index in [1.54, 1.807) is 38.1 Å². The van der Waals surface area contributed by atoms with E-state index in [1.807, 2.05) is 36.4 Å². The van der Waals surface area contributed by atoms with E-state index in [-0.39, 0.29) is 73.2 Å². The Morgan fingerprint density at radius 1 is 0.791 bits per heavy atom. The van der Waals surface area contributed by atoms with Crippen LogP contribution in [0.2, 0.25) is 10.0 Å². The lowest BCUT2D eigenvalue weighted by atomic mass is 9.96. The van der Waals surface area contributed by atoms with Crippen LogP contribution in [-0.2, 0) is 59.1 Å². The number of fused-ring (bicyclic) bond motifs is 2. The number of carboxylic acid groups (broad SMARTS) is 1. The predicted octanol–water partition coefficient (Wildman–Crippen LogP) is 7.94. The standard InChI is InChI=1S/C25H29ClN4O2.C13H16O2.C12H15ClN4O.2ClH/c1-16(24(31)28-13-18-8-9-23-20(11-18)21(26)15-30(23)2)29-25(32)22-12-19(14-27-22)10-17-6-4-3-5-7-17;14-13(15)12-7-6-11(9-12)8-10-4-2-1-3-5-10;1-7(14)12(18)16-5-8-3-9-10(13)6-17(2)11(9)15-4-8;;/h3-9,11,15-16,19,22,27H,10,12-14H2,1-2H3,(H,28,31)(H,29,32);1-5,11-12H,6-9H2,(H,14,15);3-4,6-7H,5,14H2,1-2H3,(H,16,18);2*1H/t16-,19-,22+;11-,12+;7-;;/m000../s1/i2D3;;2D3;;. The molecule has 0 unspecified atom stereocenters. The third-order valence-electron chi connectivity index (χ3n) is 11.7. The highest BCUT2D eigenvalue weighted by molar-refractivity contribution is 6.36. The summed E-state index contributed by atoms with van der Waals surface area (Å²) in [6.45, 7) is -0.191. The first kappa shape index (κ1) is 45.6. The van der Waals surface area contributed by atoms with Crippen molar-refractivity contribution >= 4 is 93.6 Å². The molecule has 8 rings (SSSR count). The smallest absolute Gasteiger partial charge is 0.306 e. The van der Waals surface area contributed by atoms with E-state index in [2.05, 4.69) is 50.5 Å². The molecule has 1 saturated carbocycles. The summed E-state index contributed by atoms with van der Waals surface area (Å²) in [5.41, 5.74) is 10.3. The van der Waals surface area contributed by atoms with Gasteiger partial charge in [0, 0.05) is 70.1 Å². The highest BCUT2D eigenvalue weighted by Crippen LogP contribution is 2.33. The Morgan fingerprint density at radius 2 is 1.39 bits per heavy atom. The van der Waals surface area contributed by atoms with E-state index in [9.17, 15) is 19.2 Å². The molecule has 6 atom stereocenters. The van der Waals surface area contributed by atoms with Gasteiger partial charge in [-0.15, -0.1) is 24.8 Å². The fraction of sp³-hybridized carbons (Fsp3) is 0.380. The Labute approximate surface area is 423 Å². The molecule has 1 aliphatic carbocycles. The number of aromatic nitrogens is 3. The van der Waals surface area contributed by atoms with Crippen LogP contribution in [0.1, 0.15) is 70.0 Å². The fourth-order valence-electron chi connectivity index (χ4n) is 8.17. The van der Waals surface area contributed by atoms with E-state index < -0.39 is 32.0 Å². The molecule has 7 N–H and O–H groups in total. The number of benzene rings is 3. The Balaban J connectivity index is 0.000000258. The zero-order valence-electron chi connectivity index (χ0n) is 43.2. The number of aliphatic carboxylic acids is 1. The number of rotatable bonds is 13. The van der Waals surface area contributed by atoms with E-state index in [1.165, 1.54) is 29.7 Å². The van der Waals surface area contributed by atoms with Gasteiger partial charge in [-0.1, -0.05) is 89.9 Å². The van der Waals surface area contributed by atoms with Crippen molar-refractivity contribution in [2.45, 2.75) is 83.6 Å². The lowest BCUT2D eigenvalue weighted by Gasteiger charge is -2.17. The zero-order valence-corrected chi connectivity index (χ0v) is 40.4. The van der Waals surface area contributed by atoms with Gasteiger partial charge in [-0.25, -0.2) is 4.98 Å². The average Bonchev–Trinajstić information content (AvgIpc) is 4.14. The van der Waals surface area contributed by atoms with Crippen LogP contribution in [0.3, 0.4) is 0 Å². The van der Waals surface area contributed by atoms with Gasteiger partial charge in [-0.05, 0) is 111 Å². The highest BCUT2D eigenvalue weighted by Gasteiger charge is 2.31. The van der Waals surface area contributed by atoms with E-state index >= 15 is 0 Å². The second kappa shape index (κ2) is 25.8. The maximum atomic E-state index is 12.7. The molecule has 3 aromatic heterocycles. The van der Waals surface area contributed by atoms with Gasteiger partial charge in [0.05, 0.1) is 28.0 Å². The molecule has 1 saturated heterocycles. The average molecular weight is 1000 g/mol. The number of nitrogens with two attached hydrogens (primary N) is 1. The number of hydrogen-bond acceptors (Lipinski definition) is 7. The number of nitrogens with zero attached hydrogens (tertiary/aromatic N) is 3. The third-order valence-corrected chi connectivity index (χ3v) is 12.3. The molecule has 2 fully saturated rings. The lowest BCUT2D eigenvalue weighted by molar-refractivity contribution is -0.141. The lowest BCUT2D eigenvalue weighted by Crippen LogP contribution is -2.49. The summed E-state index contributed by atoms with van der Waals surface area (Å²) in [5.74, 6) is -0.538. The van der Waals surface area contributed by atoms with Crippen molar-refractivity contribution in [3.8, 4) is 0 Å². The Bertz CT molecular complexity index is 2800. The zero-order chi connectivity index (χ0) is 51.6. The number of aryl methyl sites for hydroxylation is 2. The minimum Gasteiger partial charge on any atom is -0.481 e. The second-order valence-corrected chi connectivity index (χ2v) is 17.7. The number of hydrogen-bond donors (Lipinski definition) is 6. The Morgan fingerprint density at radius 3 is 2.01 bits per heavy atom. The first-order valence-electron chi connectivity index (χ1n) is 24.7. The molecule has 4 heterocycles. The van der Waals surface area contributed by atoms with Gasteiger partial charge in [-0.3, -0.25) is 19.2 Å². The van der Waals surface area contributed by atoms with Gasteiger partial charge in [0.1, 0.15) is 11.7 Å². The molecule has 13 nitrogen and oxygen atoms in total. The van der Waals surface area contributed by atoms with Gasteiger partial charge in [0.25, 0.3) is 0 Å². The molecular formula is C50H62Cl4N8O5. The summed E-state index contributed by atoms with van der Waals surface area (Å²) in [7, 11) is 0. The number of amides is 3. The normalized spacial score (nSPS) is 19.9. The maximum Gasteiger partial charge on any atom is 0.306 e. The van der Waals surface area contributed by atoms with E-state index in [4.69, 9.17) is 42.3 Å². The second-order valence-electron chi connectivity index (χ2n) is 16.9. The summed E-state index contributed by atoms with van der Waals surface area (Å²) in [5, 5.41) is 22.2. The number of carbonyl (C=O) groups excluding carboxylic acids is 3. The number of halogens is 4. The van der Waals surface area contributed by atoms with Crippen molar-refractivity contribution in [2.24, 2.45) is 37.4 Å². The molecule has 360 valence electrons. The topological polar surface area (TPSA) is 185 Å². The van der Waals surface area contributed by atoms with E-state index in [0.29, 0.717) is 43.7 Å². The van der Waals surface area contributed by atoms with Gasteiger partial charge in [0.2, 0.25) is 17.7 Å². The summed E-state index contributed by atoms with van der Waals surface area (Å²) >= 11 is 12.3. The number of pyridine rings is 1. The third kappa shape index (κ3) is 15.4. The van der Waals surface area contributed by atoms with Crippen LogP contribution in [0.15, 0.2) is 104 Å². The maximum absolute atomic E-state index is 12.7. The van der Waals surface area contributed by atoms with Crippen LogP contribution in [-0.4, -0.2) is 67.6 Å². The molecule has 0 radical (unpaired) electrons. The number of carbonyl (C=O) groups is 4. The van der Waals surface area contributed by atoms with Crippen LogP contribution in [0.5, 0.6) is 0 Å². The quantitative estimate of drug-likeness (QED) is 0.0674. The number of carboxylic acids is 1. The van der Waals surface area contributed by atoms with Crippen molar-refractivity contribution in [2.75, 3.05) is 6.54 Å². The molecule has 0 spiro atoms. The molecule has 6 aromatic rings. The van der Waals surface area contributed by atoms with Gasteiger partial charge >= 0.3 is 5.97 Å². The molecule has 17 heteroatoms. The van der Waals surface area contributed by atoms with E-state index in [0.717, 1.165) is 59.8 Å². The SMILES string of the molecule is Cl.Cl.O=C(O)[C@@H]1CC[C@@H](Cc2ccccc2)C1.[2H]C([2H])([2H])n1cc(Cl)c2cc(CNC(=O)[C@H](C)N)cnc21.[2H]C([2H])([2H])n1cc(Cl)c2cc(CNC(=O)[C@H](C)NC(=O)[C@H]3C[C@H](Cc4ccccc4)CN3)ccc21. The van der Waals surface area contributed by atoms with Crippen molar-refractivity contribution in [1.82, 2.24) is 35.4 Å².